The third-order valence-corrected chi connectivity index (χ3v) is 4.54. The van der Waals surface area contributed by atoms with E-state index < -0.39 is 23.2 Å². The van der Waals surface area contributed by atoms with Gasteiger partial charge in [-0.25, -0.2) is 9.38 Å². The maximum atomic E-state index is 14.4. The summed E-state index contributed by atoms with van der Waals surface area (Å²) < 4.78 is 63.4. The molecule has 1 unspecified atom stereocenters. The Hall–Kier alpha value is -3.27. The van der Waals surface area contributed by atoms with Gasteiger partial charge in [-0.2, -0.15) is 13.2 Å². The Balaban J connectivity index is 1.78. The van der Waals surface area contributed by atoms with Crippen LogP contribution in [0.4, 0.5) is 17.6 Å². The van der Waals surface area contributed by atoms with E-state index in [9.17, 15) is 17.6 Å². The Labute approximate surface area is 156 Å². The minimum atomic E-state index is -4.66. The van der Waals surface area contributed by atoms with Crippen molar-refractivity contribution < 1.29 is 27.0 Å². The van der Waals surface area contributed by atoms with Crippen LogP contribution >= 0.6 is 0 Å². The SMILES string of the molecule is NC1=C(c2ccc(C(F)(F)F)cc2F)NC=NC1(N)c1ccc2c(c1)OCO2. The molecule has 146 valence electrons. The molecule has 2 heterocycles. The summed E-state index contributed by atoms with van der Waals surface area (Å²) in [5.41, 5.74) is 10.1. The minimum absolute atomic E-state index is 0.0291. The van der Waals surface area contributed by atoms with Gasteiger partial charge in [-0.15, -0.1) is 0 Å². The van der Waals surface area contributed by atoms with Gasteiger partial charge in [-0.3, -0.25) is 5.73 Å². The van der Waals surface area contributed by atoms with Crippen LogP contribution in [0.3, 0.4) is 0 Å². The monoisotopic (exact) mass is 394 g/mol. The molecule has 6 nitrogen and oxygen atoms in total. The van der Waals surface area contributed by atoms with Gasteiger partial charge in [0.25, 0.3) is 0 Å². The maximum Gasteiger partial charge on any atom is 0.416 e. The molecule has 2 aromatic rings. The molecule has 1 atom stereocenters. The number of alkyl halides is 3. The van der Waals surface area contributed by atoms with Crippen molar-refractivity contribution in [3.63, 3.8) is 0 Å². The number of fused-ring (bicyclic) bond motifs is 1. The molecule has 0 spiro atoms. The molecule has 0 saturated carbocycles. The molecule has 2 aliphatic rings. The average molecular weight is 394 g/mol. The molecule has 0 aliphatic carbocycles. The largest absolute Gasteiger partial charge is 0.454 e. The smallest absolute Gasteiger partial charge is 0.416 e. The van der Waals surface area contributed by atoms with Crippen molar-refractivity contribution in [2.24, 2.45) is 16.5 Å². The van der Waals surface area contributed by atoms with Crippen molar-refractivity contribution in [3.05, 3.63) is 64.6 Å². The topological polar surface area (TPSA) is 94.9 Å². The lowest BCUT2D eigenvalue weighted by Crippen LogP contribution is -2.45. The van der Waals surface area contributed by atoms with E-state index in [1.54, 1.807) is 18.2 Å². The summed E-state index contributed by atoms with van der Waals surface area (Å²) in [5.74, 6) is -0.114. The number of hydrogen-bond acceptors (Lipinski definition) is 6. The zero-order valence-corrected chi connectivity index (χ0v) is 14.2. The van der Waals surface area contributed by atoms with Gasteiger partial charge in [0.05, 0.1) is 23.3 Å². The molecule has 10 heteroatoms. The number of halogens is 4. The summed E-state index contributed by atoms with van der Waals surface area (Å²) in [6.07, 6.45) is -3.45. The van der Waals surface area contributed by atoms with Crippen molar-refractivity contribution in [3.8, 4) is 11.5 Å². The van der Waals surface area contributed by atoms with Gasteiger partial charge in [0.15, 0.2) is 17.2 Å². The van der Waals surface area contributed by atoms with E-state index in [0.717, 1.165) is 12.1 Å². The first-order valence-corrected chi connectivity index (χ1v) is 8.07. The summed E-state index contributed by atoms with van der Waals surface area (Å²) in [7, 11) is 0. The average Bonchev–Trinajstić information content (AvgIpc) is 3.11. The first kappa shape index (κ1) is 18.1. The highest BCUT2D eigenvalue weighted by Gasteiger charge is 2.37. The van der Waals surface area contributed by atoms with Crippen molar-refractivity contribution in [1.29, 1.82) is 0 Å². The maximum absolute atomic E-state index is 14.4. The Morgan fingerprint density at radius 1 is 1.07 bits per heavy atom. The highest BCUT2D eigenvalue weighted by atomic mass is 19.4. The van der Waals surface area contributed by atoms with Crippen LogP contribution < -0.4 is 26.3 Å². The summed E-state index contributed by atoms with van der Waals surface area (Å²) in [6.45, 7) is 0.0640. The molecule has 0 aromatic heterocycles. The molecular weight excluding hydrogens is 380 g/mol. The molecule has 0 fully saturated rings. The second-order valence-corrected chi connectivity index (χ2v) is 6.22. The second-order valence-electron chi connectivity index (χ2n) is 6.22. The number of nitrogens with one attached hydrogen (secondary N) is 1. The predicted octanol–water partition coefficient (Wildman–Crippen LogP) is 2.64. The van der Waals surface area contributed by atoms with E-state index in [1.165, 1.54) is 6.34 Å². The summed E-state index contributed by atoms with van der Waals surface area (Å²) in [5, 5.41) is 2.67. The number of aliphatic imine (C=N–C) groups is 1. The van der Waals surface area contributed by atoms with Crippen LogP contribution in [0.1, 0.15) is 16.7 Å². The third kappa shape index (κ3) is 2.82. The molecule has 0 amide bonds. The van der Waals surface area contributed by atoms with Gasteiger partial charge in [0, 0.05) is 11.1 Å². The van der Waals surface area contributed by atoms with Gasteiger partial charge in [-0.05, 0) is 30.3 Å². The van der Waals surface area contributed by atoms with Crippen molar-refractivity contribution >= 4 is 12.0 Å². The van der Waals surface area contributed by atoms with Crippen LogP contribution in [0.25, 0.3) is 5.70 Å². The highest BCUT2D eigenvalue weighted by molar-refractivity contribution is 5.82. The van der Waals surface area contributed by atoms with E-state index in [0.29, 0.717) is 23.1 Å². The standard InChI is InChI=1S/C18H14F4N4O2/c19-12-5-10(18(20,21)22)1-3-11(12)15-16(23)17(24,26-7-25-15)9-2-4-13-14(6-9)28-8-27-13/h1-7H,8,23-24H2,(H,25,26). The number of ether oxygens (including phenoxy) is 2. The van der Waals surface area contributed by atoms with Crippen LogP contribution in [0.2, 0.25) is 0 Å². The third-order valence-electron chi connectivity index (χ3n) is 4.54. The molecular formula is C18H14F4N4O2. The van der Waals surface area contributed by atoms with Gasteiger partial charge in [-0.1, -0.05) is 6.07 Å². The van der Waals surface area contributed by atoms with Crippen LogP contribution in [0, 0.1) is 5.82 Å². The van der Waals surface area contributed by atoms with Crippen LogP contribution in [-0.4, -0.2) is 13.1 Å². The highest BCUT2D eigenvalue weighted by Crippen LogP contribution is 2.39. The Kier molecular flexibility index (Phi) is 3.96. The molecule has 0 saturated heterocycles. The van der Waals surface area contributed by atoms with Crippen LogP contribution in [0.5, 0.6) is 11.5 Å². The summed E-state index contributed by atoms with van der Waals surface area (Å²) in [4.78, 5) is 4.16. The number of nitrogens with zero attached hydrogens (tertiary/aromatic N) is 1. The minimum Gasteiger partial charge on any atom is -0.454 e. The van der Waals surface area contributed by atoms with E-state index in [4.69, 9.17) is 20.9 Å². The van der Waals surface area contributed by atoms with E-state index in [-0.39, 0.29) is 23.8 Å². The fourth-order valence-corrected chi connectivity index (χ4v) is 3.02. The molecule has 0 radical (unpaired) electrons. The van der Waals surface area contributed by atoms with Crippen molar-refractivity contribution in [2.75, 3.05) is 6.79 Å². The van der Waals surface area contributed by atoms with E-state index in [1.807, 2.05) is 0 Å². The van der Waals surface area contributed by atoms with Gasteiger partial charge in [0.1, 0.15) is 5.82 Å². The fourth-order valence-electron chi connectivity index (χ4n) is 3.02. The summed E-state index contributed by atoms with van der Waals surface area (Å²) >= 11 is 0. The molecule has 28 heavy (non-hydrogen) atoms. The van der Waals surface area contributed by atoms with Gasteiger partial charge in [0.2, 0.25) is 6.79 Å². The Morgan fingerprint density at radius 2 is 1.82 bits per heavy atom. The fraction of sp³-hybridized carbons (Fsp3) is 0.167. The normalized spacial score (nSPS) is 21.0. The zero-order valence-electron chi connectivity index (χ0n) is 14.2. The lowest BCUT2D eigenvalue weighted by atomic mass is 9.92. The number of rotatable bonds is 2. The van der Waals surface area contributed by atoms with Crippen LogP contribution in [-0.2, 0) is 11.8 Å². The first-order chi connectivity index (χ1) is 13.2. The predicted molar refractivity (Wildman–Crippen MR) is 92.6 cm³/mol. The quantitative estimate of drug-likeness (QED) is 0.681. The Morgan fingerprint density at radius 3 is 2.54 bits per heavy atom. The lowest BCUT2D eigenvalue weighted by molar-refractivity contribution is -0.137. The number of hydrogen-bond donors (Lipinski definition) is 3. The Bertz CT molecular complexity index is 1020. The molecule has 4 rings (SSSR count). The first-order valence-electron chi connectivity index (χ1n) is 8.07. The summed E-state index contributed by atoms with van der Waals surface area (Å²) in [6, 6.07) is 7.02. The lowest BCUT2D eigenvalue weighted by Gasteiger charge is -2.32. The molecule has 5 N–H and O–H groups in total. The zero-order chi connectivity index (χ0) is 20.1. The van der Waals surface area contributed by atoms with Crippen molar-refractivity contribution in [2.45, 2.75) is 11.8 Å². The molecule has 2 aliphatic heterocycles. The van der Waals surface area contributed by atoms with Gasteiger partial charge >= 0.3 is 6.18 Å². The molecule has 0 bridgehead atoms. The van der Waals surface area contributed by atoms with Crippen molar-refractivity contribution in [1.82, 2.24) is 5.32 Å². The number of nitrogens with two attached hydrogens (primary N) is 2. The second kappa shape index (κ2) is 6.13. The number of benzene rings is 2. The van der Waals surface area contributed by atoms with Gasteiger partial charge < -0.3 is 20.5 Å². The molecule has 2 aromatic carbocycles. The van der Waals surface area contributed by atoms with Crippen LogP contribution in [0.15, 0.2) is 47.1 Å². The van der Waals surface area contributed by atoms with E-state index in [2.05, 4.69) is 10.3 Å². The van der Waals surface area contributed by atoms with E-state index >= 15 is 0 Å².